The number of esters is 4. The summed E-state index contributed by atoms with van der Waals surface area (Å²) in [5.41, 5.74) is -22.3. The van der Waals surface area contributed by atoms with Gasteiger partial charge in [0.15, 0.2) is 0 Å². The Labute approximate surface area is 233 Å². The molecule has 18 heteroatoms. The molecule has 5 rings (SSSR count). The molecule has 0 bridgehead atoms. The van der Waals surface area contributed by atoms with Gasteiger partial charge in [-0.2, -0.15) is 39.5 Å². The van der Waals surface area contributed by atoms with Gasteiger partial charge in [-0.25, -0.2) is 32.3 Å². The lowest BCUT2D eigenvalue weighted by atomic mass is 9.66. The van der Waals surface area contributed by atoms with E-state index in [2.05, 4.69) is 9.47 Å². The number of fused-ring (bicyclic) bond motifs is 2. The molecule has 3 aromatic carbocycles. The summed E-state index contributed by atoms with van der Waals surface area (Å²) < 4.78 is 183. The van der Waals surface area contributed by atoms with Crippen LogP contribution in [0.25, 0.3) is 0 Å². The lowest BCUT2D eigenvalue weighted by Crippen LogP contribution is -2.46. The molecule has 6 nitrogen and oxygen atoms in total. The predicted octanol–water partition coefficient (Wildman–Crippen LogP) is 6.66. The van der Waals surface area contributed by atoms with E-state index in [9.17, 15) is 49.9 Å². The van der Waals surface area contributed by atoms with E-state index >= 15 is 22.0 Å². The number of cyclic esters (lactones) is 4. The van der Waals surface area contributed by atoms with E-state index in [-0.39, 0.29) is 24.3 Å². The van der Waals surface area contributed by atoms with E-state index in [1.807, 2.05) is 0 Å². The minimum Gasteiger partial charge on any atom is -0.386 e. The summed E-state index contributed by atoms with van der Waals surface area (Å²) in [6.07, 6.45) is -18.0. The van der Waals surface area contributed by atoms with Gasteiger partial charge in [0.25, 0.3) is 0 Å². The van der Waals surface area contributed by atoms with Crippen LogP contribution in [0, 0.1) is 17.5 Å². The molecule has 0 unspecified atom stereocenters. The van der Waals surface area contributed by atoms with Gasteiger partial charge in [-0.05, 0) is 35.4 Å². The topological polar surface area (TPSA) is 86.7 Å². The molecule has 3 aromatic rings. The largest absolute Gasteiger partial charge is 0.417 e. The Morgan fingerprint density at radius 3 is 1.18 bits per heavy atom. The second-order valence-corrected chi connectivity index (χ2v) is 9.23. The van der Waals surface area contributed by atoms with Crippen molar-refractivity contribution in [3.63, 3.8) is 0 Å². The highest BCUT2D eigenvalue weighted by Crippen LogP contribution is 2.56. The summed E-state index contributed by atoms with van der Waals surface area (Å²) in [4.78, 5) is 48.4. The molecular weight excluding hydrogens is 636 g/mol. The predicted molar refractivity (Wildman–Crippen MR) is 115 cm³/mol. The first-order valence-corrected chi connectivity index (χ1v) is 11.4. The van der Waals surface area contributed by atoms with Crippen molar-refractivity contribution in [1.82, 2.24) is 0 Å². The summed E-state index contributed by atoms with van der Waals surface area (Å²) in [6, 6.07) is -2.03. The lowest BCUT2D eigenvalue weighted by molar-refractivity contribution is -0.168. The number of alkyl halides is 9. The van der Waals surface area contributed by atoms with Crippen LogP contribution in [0.2, 0.25) is 0 Å². The first-order chi connectivity index (χ1) is 20.1. The van der Waals surface area contributed by atoms with Gasteiger partial charge in [-0.15, -0.1) is 0 Å². The number of rotatable bonds is 3. The standard InChI is InChI=1S/C26H6F12O6/c27-9-5-14(28)18(15(29)6-9)23(26(36,37)38,7-1-10-16(21(41)43-19(10)39)12(3-7)24(30,31)32)8-2-11-17(22(42)44-20(11)40)13(4-8)25(33,34)35/h1-6H. The third-order valence-corrected chi connectivity index (χ3v) is 6.78. The van der Waals surface area contributed by atoms with Crippen molar-refractivity contribution >= 4 is 23.9 Å². The van der Waals surface area contributed by atoms with Crippen molar-refractivity contribution < 1.29 is 81.3 Å². The van der Waals surface area contributed by atoms with Crippen molar-refractivity contribution in [3.8, 4) is 0 Å². The molecule has 2 aliphatic heterocycles. The first-order valence-electron chi connectivity index (χ1n) is 11.4. The maximum absolute atomic E-state index is 15.4. The highest BCUT2D eigenvalue weighted by molar-refractivity contribution is 6.16. The number of carbonyl (C=O) groups is 4. The van der Waals surface area contributed by atoms with Gasteiger partial charge in [0.05, 0.1) is 33.4 Å². The van der Waals surface area contributed by atoms with Gasteiger partial charge < -0.3 is 9.47 Å². The van der Waals surface area contributed by atoms with Crippen LogP contribution in [0.5, 0.6) is 0 Å². The van der Waals surface area contributed by atoms with Gasteiger partial charge >= 0.3 is 42.4 Å². The Morgan fingerprint density at radius 2 is 0.864 bits per heavy atom. The van der Waals surface area contributed by atoms with E-state index in [1.54, 1.807) is 0 Å². The van der Waals surface area contributed by atoms with Crippen molar-refractivity contribution in [2.45, 2.75) is 23.9 Å². The van der Waals surface area contributed by atoms with Crippen LogP contribution in [0.1, 0.15) is 69.2 Å². The molecule has 230 valence electrons. The number of benzene rings is 3. The van der Waals surface area contributed by atoms with Crippen LogP contribution >= 0.6 is 0 Å². The molecular formula is C26H6F12O6. The van der Waals surface area contributed by atoms with Crippen LogP contribution < -0.4 is 0 Å². The summed E-state index contributed by atoms with van der Waals surface area (Å²) >= 11 is 0. The molecule has 0 fully saturated rings. The summed E-state index contributed by atoms with van der Waals surface area (Å²) in [6.45, 7) is 0. The van der Waals surface area contributed by atoms with Crippen LogP contribution in [0.4, 0.5) is 52.7 Å². The second-order valence-electron chi connectivity index (χ2n) is 9.23. The summed E-state index contributed by atoms with van der Waals surface area (Å²) in [7, 11) is 0. The molecule has 0 spiro atoms. The second kappa shape index (κ2) is 9.30. The summed E-state index contributed by atoms with van der Waals surface area (Å²) in [5.74, 6) is -14.7. The van der Waals surface area contributed by atoms with Crippen molar-refractivity contribution in [1.29, 1.82) is 0 Å². The van der Waals surface area contributed by atoms with Gasteiger partial charge in [0.1, 0.15) is 22.9 Å². The fourth-order valence-corrected chi connectivity index (χ4v) is 5.13. The number of ether oxygens (including phenoxy) is 2. The summed E-state index contributed by atoms with van der Waals surface area (Å²) in [5, 5.41) is 0. The number of hydrogen-bond acceptors (Lipinski definition) is 6. The Morgan fingerprint density at radius 1 is 0.500 bits per heavy atom. The van der Waals surface area contributed by atoms with Crippen LogP contribution in [0.15, 0.2) is 36.4 Å². The zero-order valence-electron chi connectivity index (χ0n) is 20.4. The maximum Gasteiger partial charge on any atom is 0.417 e. The van der Waals surface area contributed by atoms with E-state index in [4.69, 9.17) is 0 Å². The highest BCUT2D eigenvalue weighted by Gasteiger charge is 2.63. The maximum atomic E-state index is 15.4. The molecule has 2 aliphatic rings. The van der Waals surface area contributed by atoms with Gasteiger partial charge in [0.2, 0.25) is 0 Å². The molecule has 0 N–H and O–H groups in total. The minimum atomic E-state index is -6.40. The van der Waals surface area contributed by atoms with Gasteiger partial charge in [-0.1, -0.05) is 0 Å². The van der Waals surface area contributed by atoms with Crippen molar-refractivity contribution in [2.24, 2.45) is 0 Å². The van der Waals surface area contributed by atoms with Crippen LogP contribution in [-0.4, -0.2) is 30.1 Å². The molecule has 0 saturated carbocycles. The molecule has 0 aromatic heterocycles. The molecule has 0 amide bonds. The van der Waals surface area contributed by atoms with E-state index in [0.717, 1.165) is 0 Å². The number of halogens is 12. The SMILES string of the molecule is O=C1OC(=O)c2c1cc(C(c1cc3c(c(C(F)(F)F)c1)C(=O)OC3=O)(c1c(F)cc(F)cc1F)C(F)(F)F)cc2C(F)(F)F. The monoisotopic (exact) mass is 642 g/mol. The van der Waals surface area contributed by atoms with E-state index < -0.39 is 127 Å². The van der Waals surface area contributed by atoms with Crippen LogP contribution in [0.3, 0.4) is 0 Å². The first kappa shape index (κ1) is 30.6. The Bertz CT molecular complexity index is 1720. The molecule has 2 heterocycles. The fraction of sp³-hybridized carbons (Fsp3) is 0.154. The molecule has 0 atom stereocenters. The van der Waals surface area contributed by atoms with E-state index in [0.29, 0.717) is 0 Å². The zero-order valence-corrected chi connectivity index (χ0v) is 20.4. The van der Waals surface area contributed by atoms with Crippen molar-refractivity contribution in [3.05, 3.63) is 104 Å². The normalized spacial score (nSPS) is 15.4. The molecule has 0 saturated heterocycles. The number of hydrogen-bond donors (Lipinski definition) is 0. The van der Waals surface area contributed by atoms with Crippen molar-refractivity contribution in [2.75, 3.05) is 0 Å². The van der Waals surface area contributed by atoms with Gasteiger partial charge in [0, 0.05) is 17.7 Å². The third-order valence-electron chi connectivity index (χ3n) is 6.78. The zero-order chi connectivity index (χ0) is 32.9. The molecule has 0 radical (unpaired) electrons. The van der Waals surface area contributed by atoms with E-state index in [1.165, 1.54) is 0 Å². The Kier molecular flexibility index (Phi) is 6.46. The average molecular weight is 642 g/mol. The smallest absolute Gasteiger partial charge is 0.386 e. The fourth-order valence-electron chi connectivity index (χ4n) is 5.13. The minimum absolute atomic E-state index is 0.127. The Balaban J connectivity index is 2.08. The average Bonchev–Trinajstić information content (AvgIpc) is 3.31. The van der Waals surface area contributed by atoms with Gasteiger partial charge in [-0.3, -0.25) is 0 Å². The van der Waals surface area contributed by atoms with Crippen LogP contribution in [-0.2, 0) is 27.2 Å². The third kappa shape index (κ3) is 4.29. The lowest BCUT2D eigenvalue weighted by Gasteiger charge is -2.38. The number of carbonyl (C=O) groups excluding carboxylic acids is 4. The quantitative estimate of drug-likeness (QED) is 0.138. The highest BCUT2D eigenvalue weighted by atomic mass is 19.4. The molecule has 0 aliphatic carbocycles. The molecule has 44 heavy (non-hydrogen) atoms. The Hall–Kier alpha value is -4.90.